The Hall–Kier alpha value is -6.07. The van der Waals surface area contributed by atoms with Crippen LogP contribution in [0.2, 0.25) is 0 Å². The predicted octanol–water partition coefficient (Wildman–Crippen LogP) is 9.16. The van der Waals surface area contributed by atoms with Crippen LogP contribution in [-0.4, -0.2) is 19.1 Å². The van der Waals surface area contributed by atoms with Crippen LogP contribution in [0.25, 0.3) is 78.0 Å². The highest BCUT2D eigenvalue weighted by molar-refractivity contribution is 5.88. The molecule has 0 atom stereocenters. The third-order valence-corrected chi connectivity index (χ3v) is 8.79. The summed E-state index contributed by atoms with van der Waals surface area (Å²) >= 11 is 0. The van der Waals surface area contributed by atoms with Crippen molar-refractivity contribution in [3.8, 4) is 56.2 Å². The van der Waals surface area contributed by atoms with Crippen LogP contribution < -0.4 is 5.69 Å². The zero-order chi connectivity index (χ0) is 31.2. The minimum absolute atomic E-state index is 0.0341. The number of hydrogen-bond donors (Lipinski definition) is 0. The Labute approximate surface area is 266 Å². The number of nitrogens with zero attached hydrogens (tertiary/aromatic N) is 4. The lowest BCUT2D eigenvalue weighted by molar-refractivity contribution is 0.795. The second-order valence-electron chi connectivity index (χ2n) is 11.7. The molecule has 46 heavy (non-hydrogen) atoms. The van der Waals surface area contributed by atoms with Crippen molar-refractivity contribution in [1.29, 1.82) is 0 Å². The topological polar surface area (TPSA) is 52.7 Å². The molecule has 8 aromatic rings. The number of imidazole rings is 1. The van der Waals surface area contributed by atoms with E-state index in [1.54, 1.807) is 16.2 Å². The number of fused-ring (bicyclic) bond motifs is 2. The molecule has 0 fully saturated rings. The molecule has 220 valence electrons. The van der Waals surface area contributed by atoms with Crippen LogP contribution >= 0.6 is 0 Å². The molecular weight excluding hydrogens is 564 g/mol. The van der Waals surface area contributed by atoms with Gasteiger partial charge >= 0.3 is 5.69 Å². The van der Waals surface area contributed by atoms with E-state index in [1.165, 1.54) is 16.3 Å². The van der Waals surface area contributed by atoms with Crippen molar-refractivity contribution in [2.45, 2.75) is 0 Å². The molecule has 0 bridgehead atoms. The lowest BCUT2D eigenvalue weighted by Gasteiger charge is -2.11. The van der Waals surface area contributed by atoms with Gasteiger partial charge in [0.2, 0.25) is 0 Å². The van der Waals surface area contributed by atoms with Crippen molar-refractivity contribution in [2.24, 2.45) is 14.1 Å². The number of hydrogen-bond acceptors (Lipinski definition) is 3. The van der Waals surface area contributed by atoms with Crippen LogP contribution in [0.4, 0.5) is 0 Å². The number of aryl methyl sites for hydroxylation is 2. The molecule has 0 radical (unpaired) electrons. The highest BCUT2D eigenvalue weighted by atomic mass is 16.1. The average molecular weight is 595 g/mol. The Morgan fingerprint density at radius 2 is 0.978 bits per heavy atom. The summed E-state index contributed by atoms with van der Waals surface area (Å²) in [7, 11) is 3.62. The first-order valence-corrected chi connectivity index (χ1v) is 15.3. The van der Waals surface area contributed by atoms with Crippen LogP contribution in [0.5, 0.6) is 0 Å². The second-order valence-corrected chi connectivity index (χ2v) is 11.7. The molecule has 0 saturated carbocycles. The maximum Gasteiger partial charge on any atom is 0.328 e. The molecule has 0 amide bonds. The van der Waals surface area contributed by atoms with Crippen LogP contribution in [0.1, 0.15) is 0 Å². The van der Waals surface area contributed by atoms with Crippen molar-refractivity contribution >= 4 is 21.8 Å². The summed E-state index contributed by atoms with van der Waals surface area (Å²) in [5.74, 6) is 0.679. The molecule has 8 rings (SSSR count). The van der Waals surface area contributed by atoms with Crippen molar-refractivity contribution in [3.63, 3.8) is 0 Å². The van der Waals surface area contributed by atoms with Crippen LogP contribution in [-0.2, 0) is 14.1 Å². The molecule has 2 aromatic heterocycles. The zero-order valence-electron chi connectivity index (χ0n) is 25.6. The van der Waals surface area contributed by atoms with Gasteiger partial charge in [0.05, 0.1) is 22.4 Å². The summed E-state index contributed by atoms with van der Waals surface area (Å²) < 4.78 is 3.37. The average Bonchev–Trinajstić information content (AvgIpc) is 3.34. The van der Waals surface area contributed by atoms with Crippen molar-refractivity contribution in [3.05, 3.63) is 156 Å². The number of aromatic nitrogens is 4. The van der Waals surface area contributed by atoms with Gasteiger partial charge in [-0.3, -0.25) is 9.13 Å². The molecule has 0 aliphatic rings. The summed E-state index contributed by atoms with van der Waals surface area (Å²) in [5.41, 5.74) is 10.9. The zero-order valence-corrected chi connectivity index (χ0v) is 25.6. The van der Waals surface area contributed by atoms with Crippen molar-refractivity contribution in [1.82, 2.24) is 19.1 Å². The van der Waals surface area contributed by atoms with Gasteiger partial charge < -0.3 is 0 Å². The molecule has 0 N–H and O–H groups in total. The van der Waals surface area contributed by atoms with Gasteiger partial charge in [0.15, 0.2) is 5.82 Å². The summed E-state index contributed by atoms with van der Waals surface area (Å²) in [6, 6.07) is 50.4. The van der Waals surface area contributed by atoms with Crippen LogP contribution in [0.3, 0.4) is 0 Å². The van der Waals surface area contributed by atoms with E-state index >= 15 is 0 Å². The lowest BCUT2D eigenvalue weighted by atomic mass is 9.98. The molecule has 6 aromatic carbocycles. The predicted molar refractivity (Wildman–Crippen MR) is 188 cm³/mol. The smallest absolute Gasteiger partial charge is 0.295 e. The van der Waals surface area contributed by atoms with Crippen molar-refractivity contribution in [2.75, 3.05) is 0 Å². The van der Waals surface area contributed by atoms with Gasteiger partial charge in [0.1, 0.15) is 0 Å². The first-order valence-electron chi connectivity index (χ1n) is 15.3. The largest absolute Gasteiger partial charge is 0.328 e. The Morgan fingerprint density at radius 1 is 0.413 bits per heavy atom. The second kappa shape index (κ2) is 11.1. The number of benzene rings is 6. The van der Waals surface area contributed by atoms with E-state index in [4.69, 9.17) is 9.97 Å². The van der Waals surface area contributed by atoms with E-state index in [1.807, 2.05) is 43.4 Å². The molecule has 5 nitrogen and oxygen atoms in total. The van der Waals surface area contributed by atoms with Gasteiger partial charge in [-0.15, -0.1) is 0 Å². The van der Waals surface area contributed by atoms with Crippen molar-refractivity contribution < 1.29 is 0 Å². The van der Waals surface area contributed by atoms with E-state index < -0.39 is 0 Å². The molecule has 2 heterocycles. The molecule has 5 heteroatoms. The maximum absolute atomic E-state index is 12.5. The normalized spacial score (nSPS) is 11.3. The van der Waals surface area contributed by atoms with Crippen LogP contribution in [0.15, 0.2) is 150 Å². The molecular formula is C41H30N4O. The Morgan fingerprint density at radius 3 is 1.78 bits per heavy atom. The minimum atomic E-state index is -0.0341. The first kappa shape index (κ1) is 27.5. The third-order valence-electron chi connectivity index (χ3n) is 8.79. The van der Waals surface area contributed by atoms with E-state index in [2.05, 4.69) is 109 Å². The fourth-order valence-corrected chi connectivity index (χ4v) is 6.21. The van der Waals surface area contributed by atoms with Gasteiger partial charge in [-0.05, 0) is 63.4 Å². The Balaban J connectivity index is 1.20. The van der Waals surface area contributed by atoms with Gasteiger partial charge in [0, 0.05) is 30.8 Å². The lowest BCUT2D eigenvalue weighted by Crippen LogP contribution is -2.19. The first-order chi connectivity index (χ1) is 22.5. The van der Waals surface area contributed by atoms with E-state index in [0.717, 1.165) is 55.8 Å². The highest BCUT2D eigenvalue weighted by Gasteiger charge is 2.13. The maximum atomic E-state index is 12.5. The minimum Gasteiger partial charge on any atom is -0.295 e. The molecule has 0 aliphatic heterocycles. The van der Waals surface area contributed by atoms with Gasteiger partial charge in [0.25, 0.3) is 0 Å². The summed E-state index contributed by atoms with van der Waals surface area (Å²) in [5, 5.41) is 2.46. The van der Waals surface area contributed by atoms with E-state index in [-0.39, 0.29) is 5.69 Å². The van der Waals surface area contributed by atoms with Gasteiger partial charge in [-0.1, -0.05) is 115 Å². The number of rotatable bonds is 5. The Bertz CT molecular complexity index is 2460. The Kier molecular flexibility index (Phi) is 6.65. The quantitative estimate of drug-likeness (QED) is 0.200. The monoisotopic (exact) mass is 594 g/mol. The molecule has 0 saturated heterocycles. The molecule has 0 spiro atoms. The summed E-state index contributed by atoms with van der Waals surface area (Å²) in [6.07, 6.45) is 0. The fourth-order valence-electron chi connectivity index (χ4n) is 6.21. The third kappa shape index (κ3) is 4.88. The standard InChI is InChI=1S/C41H30N4O/c1-44-38-22-21-34(25-39(38)45(2)41(44)46)32-13-8-14-35(24-32)37-26-36(42-40(43-37)30-10-4-3-5-11-30)29-18-15-28(16-19-29)33-20-17-27-9-6-7-12-31(27)23-33/h3-26H,1-2H3. The molecule has 0 unspecified atom stereocenters. The highest BCUT2D eigenvalue weighted by Crippen LogP contribution is 2.32. The van der Waals surface area contributed by atoms with E-state index in [9.17, 15) is 4.79 Å². The summed E-state index contributed by atoms with van der Waals surface area (Å²) in [6.45, 7) is 0. The SMILES string of the molecule is Cn1c(=O)n(C)c2cc(-c3cccc(-c4cc(-c5ccc(-c6ccc7ccccc7c6)cc5)nc(-c5ccccc5)n4)c3)ccc21. The summed E-state index contributed by atoms with van der Waals surface area (Å²) in [4.78, 5) is 22.6. The van der Waals surface area contributed by atoms with E-state index in [0.29, 0.717) is 5.82 Å². The van der Waals surface area contributed by atoms with Gasteiger partial charge in [-0.2, -0.15) is 0 Å². The molecule has 0 aliphatic carbocycles. The van der Waals surface area contributed by atoms with Gasteiger partial charge in [-0.25, -0.2) is 14.8 Å². The van der Waals surface area contributed by atoms with Crippen LogP contribution in [0, 0.1) is 0 Å². The fraction of sp³-hybridized carbons (Fsp3) is 0.0488.